The first-order valence-electron chi connectivity index (χ1n) is 6.98. The van der Waals surface area contributed by atoms with Crippen LogP contribution in [0.3, 0.4) is 0 Å². The molecule has 1 aliphatic heterocycles. The van der Waals surface area contributed by atoms with Crippen molar-refractivity contribution in [2.24, 2.45) is 10.9 Å². The largest absolute Gasteiger partial charge is 0.399 e. The number of nitrogen functional groups attached to an aromatic ring is 1. The summed E-state index contributed by atoms with van der Waals surface area (Å²) in [4.78, 5) is 4.37. The molecule has 0 radical (unpaired) electrons. The van der Waals surface area contributed by atoms with Crippen LogP contribution in [0.5, 0.6) is 0 Å². The van der Waals surface area contributed by atoms with Crippen LogP contribution in [0.15, 0.2) is 29.3 Å². The zero-order chi connectivity index (χ0) is 13.3. The molecule has 0 bridgehead atoms. The van der Waals surface area contributed by atoms with Gasteiger partial charge in [-0.05, 0) is 36.5 Å². The molecule has 0 aromatic heterocycles. The van der Waals surface area contributed by atoms with Crippen LogP contribution >= 0.6 is 11.8 Å². The topological polar surface area (TPSA) is 50.4 Å². The van der Waals surface area contributed by atoms with E-state index < -0.39 is 0 Å². The van der Waals surface area contributed by atoms with Crippen molar-refractivity contribution in [2.75, 3.05) is 18.5 Å². The molecule has 3 rings (SSSR count). The minimum absolute atomic E-state index is 0.0493. The van der Waals surface area contributed by atoms with Gasteiger partial charge in [0.05, 0.1) is 5.54 Å². The average Bonchev–Trinajstić information content (AvgIpc) is 2.46. The van der Waals surface area contributed by atoms with E-state index in [0.29, 0.717) is 5.92 Å². The van der Waals surface area contributed by atoms with Gasteiger partial charge in [0.15, 0.2) is 5.17 Å². The Labute approximate surface area is 119 Å². The summed E-state index contributed by atoms with van der Waals surface area (Å²) in [5.74, 6) is 1.84. The van der Waals surface area contributed by atoms with Gasteiger partial charge in [-0.15, -0.1) is 0 Å². The Morgan fingerprint density at radius 3 is 3.11 bits per heavy atom. The van der Waals surface area contributed by atoms with Gasteiger partial charge >= 0.3 is 0 Å². The normalized spacial score (nSPS) is 32.7. The maximum atomic E-state index is 5.99. The summed E-state index contributed by atoms with van der Waals surface area (Å²) in [6, 6.07) is 8.38. The highest BCUT2D eigenvalue weighted by molar-refractivity contribution is 8.13. The van der Waals surface area contributed by atoms with Gasteiger partial charge in [0.25, 0.3) is 0 Å². The van der Waals surface area contributed by atoms with Crippen molar-refractivity contribution >= 4 is 22.6 Å². The smallest absolute Gasteiger partial charge is 0.156 e. The lowest BCUT2D eigenvalue weighted by Gasteiger charge is -2.49. The molecule has 0 spiro atoms. The zero-order valence-corrected chi connectivity index (χ0v) is 12.2. The van der Waals surface area contributed by atoms with E-state index in [4.69, 9.17) is 5.73 Å². The monoisotopic (exact) mass is 275 g/mol. The average molecular weight is 275 g/mol. The van der Waals surface area contributed by atoms with Crippen molar-refractivity contribution in [3.63, 3.8) is 0 Å². The molecule has 4 heteroatoms. The molecule has 2 fully saturated rings. The molecule has 3 nitrogen and oxygen atoms in total. The van der Waals surface area contributed by atoms with Crippen molar-refractivity contribution in [2.45, 2.75) is 31.2 Å². The highest BCUT2D eigenvalue weighted by Crippen LogP contribution is 2.46. The number of fused-ring (bicyclic) bond motifs is 1. The number of nitrogens with zero attached hydrogens (tertiary/aromatic N) is 1. The molecule has 2 aliphatic rings. The van der Waals surface area contributed by atoms with Crippen LogP contribution in [0.4, 0.5) is 5.69 Å². The number of anilines is 1. The minimum atomic E-state index is 0.0493. The van der Waals surface area contributed by atoms with E-state index in [-0.39, 0.29) is 5.54 Å². The Morgan fingerprint density at radius 2 is 2.32 bits per heavy atom. The maximum Gasteiger partial charge on any atom is 0.156 e. The molecule has 1 aromatic rings. The summed E-state index contributed by atoms with van der Waals surface area (Å²) in [7, 11) is 1.87. The third-order valence-electron chi connectivity index (χ3n) is 4.43. The molecule has 1 aliphatic carbocycles. The summed E-state index contributed by atoms with van der Waals surface area (Å²) in [5.41, 5.74) is 8.22. The van der Waals surface area contributed by atoms with Gasteiger partial charge in [0.1, 0.15) is 0 Å². The fraction of sp³-hybridized carbons (Fsp3) is 0.533. The predicted molar refractivity (Wildman–Crippen MR) is 83.4 cm³/mol. The molecule has 2 unspecified atom stereocenters. The molecule has 2 atom stereocenters. The highest BCUT2D eigenvalue weighted by Gasteiger charge is 2.45. The number of hydrogen-bond acceptors (Lipinski definition) is 3. The van der Waals surface area contributed by atoms with Gasteiger partial charge in [0.2, 0.25) is 0 Å². The predicted octanol–water partition coefficient (Wildman–Crippen LogP) is 2.98. The van der Waals surface area contributed by atoms with Crippen molar-refractivity contribution in [3.05, 3.63) is 29.8 Å². The van der Waals surface area contributed by atoms with Crippen LogP contribution in [-0.4, -0.2) is 18.0 Å². The second-order valence-corrected chi connectivity index (χ2v) is 6.51. The lowest BCUT2D eigenvalue weighted by atomic mass is 9.69. The van der Waals surface area contributed by atoms with Gasteiger partial charge < -0.3 is 11.1 Å². The van der Waals surface area contributed by atoms with Gasteiger partial charge in [-0.2, -0.15) is 0 Å². The molecule has 1 saturated heterocycles. The molecule has 1 saturated carbocycles. The second-order valence-electron chi connectivity index (χ2n) is 5.50. The molecule has 0 amide bonds. The SMILES string of the molecule is CN=C1NC2(c3cccc(N)c3)CCCCC2CS1. The van der Waals surface area contributed by atoms with E-state index in [2.05, 4.69) is 28.5 Å². The van der Waals surface area contributed by atoms with Crippen LogP contribution < -0.4 is 11.1 Å². The number of nitrogens with two attached hydrogens (primary N) is 1. The molecule has 3 N–H and O–H groups in total. The van der Waals surface area contributed by atoms with E-state index in [1.807, 2.05) is 24.9 Å². The standard InChI is InChI=1S/C15H21N3S/c1-17-14-18-15(11-6-4-7-13(16)9-11)8-3-2-5-12(15)10-19-14/h4,6-7,9,12H,2-3,5,8,10,16H2,1H3,(H,17,18). The fourth-order valence-electron chi connectivity index (χ4n) is 3.43. The van der Waals surface area contributed by atoms with Gasteiger partial charge in [0, 0.05) is 18.5 Å². The number of rotatable bonds is 1. The zero-order valence-electron chi connectivity index (χ0n) is 11.4. The maximum absolute atomic E-state index is 5.99. The third-order valence-corrected chi connectivity index (χ3v) is 5.55. The van der Waals surface area contributed by atoms with Crippen molar-refractivity contribution < 1.29 is 0 Å². The first-order valence-corrected chi connectivity index (χ1v) is 7.97. The summed E-state index contributed by atoms with van der Waals surface area (Å²) in [6.45, 7) is 0. The van der Waals surface area contributed by atoms with E-state index in [1.54, 1.807) is 0 Å². The van der Waals surface area contributed by atoms with E-state index in [1.165, 1.54) is 31.2 Å². The first-order chi connectivity index (χ1) is 9.24. The van der Waals surface area contributed by atoms with Crippen molar-refractivity contribution in [1.29, 1.82) is 0 Å². The number of aliphatic imine (C=N–C) groups is 1. The quantitative estimate of drug-likeness (QED) is 0.775. The van der Waals surface area contributed by atoms with Gasteiger partial charge in [-0.3, -0.25) is 4.99 Å². The van der Waals surface area contributed by atoms with Crippen LogP contribution in [0.25, 0.3) is 0 Å². The summed E-state index contributed by atoms with van der Waals surface area (Å²) >= 11 is 1.85. The summed E-state index contributed by atoms with van der Waals surface area (Å²) in [6.07, 6.45) is 5.10. The van der Waals surface area contributed by atoms with E-state index in [9.17, 15) is 0 Å². The van der Waals surface area contributed by atoms with E-state index in [0.717, 1.165) is 16.6 Å². The second kappa shape index (κ2) is 5.08. The Balaban J connectivity index is 2.04. The van der Waals surface area contributed by atoms with Crippen molar-refractivity contribution in [3.8, 4) is 0 Å². The Bertz CT molecular complexity index is 500. The Morgan fingerprint density at radius 1 is 1.42 bits per heavy atom. The number of thioether (sulfide) groups is 1. The number of hydrogen-bond donors (Lipinski definition) is 2. The van der Waals surface area contributed by atoms with Crippen LogP contribution in [0.1, 0.15) is 31.2 Å². The Hall–Kier alpha value is -1.16. The number of nitrogens with one attached hydrogen (secondary N) is 1. The van der Waals surface area contributed by atoms with Crippen molar-refractivity contribution in [1.82, 2.24) is 5.32 Å². The lowest BCUT2D eigenvalue weighted by Crippen LogP contribution is -2.56. The summed E-state index contributed by atoms with van der Waals surface area (Å²) in [5, 5.41) is 4.79. The summed E-state index contributed by atoms with van der Waals surface area (Å²) < 4.78 is 0. The number of benzene rings is 1. The molecule has 1 heterocycles. The molecular weight excluding hydrogens is 254 g/mol. The molecule has 1 aromatic carbocycles. The van der Waals surface area contributed by atoms with Gasteiger partial charge in [-0.1, -0.05) is 36.7 Å². The lowest BCUT2D eigenvalue weighted by molar-refractivity contribution is 0.182. The van der Waals surface area contributed by atoms with Crippen LogP contribution in [-0.2, 0) is 5.54 Å². The highest BCUT2D eigenvalue weighted by atomic mass is 32.2. The van der Waals surface area contributed by atoms with E-state index >= 15 is 0 Å². The third kappa shape index (κ3) is 2.22. The first kappa shape index (κ1) is 12.9. The minimum Gasteiger partial charge on any atom is -0.399 e. The fourth-order valence-corrected chi connectivity index (χ4v) is 4.62. The van der Waals surface area contributed by atoms with Crippen LogP contribution in [0.2, 0.25) is 0 Å². The van der Waals surface area contributed by atoms with Gasteiger partial charge in [-0.25, -0.2) is 0 Å². The molecule has 102 valence electrons. The molecule has 19 heavy (non-hydrogen) atoms. The number of amidine groups is 1. The van der Waals surface area contributed by atoms with Crippen LogP contribution in [0, 0.1) is 5.92 Å². The molecular formula is C15H21N3S. The Kier molecular flexibility index (Phi) is 3.44.